The number of ether oxygens (including phenoxy) is 1. The first-order valence-corrected chi connectivity index (χ1v) is 6.19. The van der Waals surface area contributed by atoms with Crippen LogP contribution in [0.15, 0.2) is 0 Å². The maximum Gasteiger partial charge on any atom is 0.220 e. The summed E-state index contributed by atoms with van der Waals surface area (Å²) in [6, 6.07) is 0. The third-order valence-corrected chi connectivity index (χ3v) is 3.34. The zero-order chi connectivity index (χ0) is 11.4. The number of nitrogens with zero attached hydrogens (tertiary/aromatic N) is 2. The molecule has 16 heavy (non-hydrogen) atoms. The molecule has 1 atom stereocenters. The second-order valence-corrected chi connectivity index (χ2v) is 5.19. The molecule has 1 aromatic rings. The normalized spacial score (nSPS) is 19.9. The van der Waals surface area contributed by atoms with Crippen molar-refractivity contribution in [1.82, 2.24) is 15.5 Å². The highest BCUT2D eigenvalue weighted by molar-refractivity contribution is 7.11. The van der Waals surface area contributed by atoms with Crippen LogP contribution in [-0.2, 0) is 16.1 Å². The maximum atomic E-state index is 11.6. The Labute approximate surface area is 98.2 Å². The van der Waals surface area contributed by atoms with Crippen LogP contribution in [0.25, 0.3) is 0 Å². The average molecular weight is 241 g/mol. The topological polar surface area (TPSA) is 64.1 Å². The number of carbonyl (C=O) groups is 1. The van der Waals surface area contributed by atoms with Gasteiger partial charge in [-0.25, -0.2) is 0 Å². The molecule has 0 aliphatic carbocycles. The Morgan fingerprint density at radius 2 is 2.50 bits per heavy atom. The molecule has 1 aliphatic heterocycles. The van der Waals surface area contributed by atoms with E-state index in [1.54, 1.807) is 0 Å². The molecular weight excluding hydrogens is 226 g/mol. The third kappa shape index (κ3) is 3.24. The van der Waals surface area contributed by atoms with Crippen LogP contribution in [0.2, 0.25) is 0 Å². The Morgan fingerprint density at radius 1 is 1.62 bits per heavy atom. The number of amides is 1. The first-order chi connectivity index (χ1) is 7.74. The van der Waals surface area contributed by atoms with Crippen LogP contribution in [0.5, 0.6) is 0 Å². The first kappa shape index (κ1) is 11.5. The molecule has 1 amide bonds. The monoisotopic (exact) mass is 241 g/mol. The number of nitrogens with one attached hydrogen (secondary N) is 1. The van der Waals surface area contributed by atoms with Gasteiger partial charge < -0.3 is 10.1 Å². The number of aromatic nitrogens is 2. The van der Waals surface area contributed by atoms with Crippen LogP contribution in [0.3, 0.4) is 0 Å². The van der Waals surface area contributed by atoms with E-state index in [0.29, 0.717) is 25.5 Å². The van der Waals surface area contributed by atoms with Gasteiger partial charge in [-0.1, -0.05) is 11.3 Å². The van der Waals surface area contributed by atoms with E-state index in [2.05, 4.69) is 15.5 Å². The highest BCUT2D eigenvalue weighted by Gasteiger charge is 2.18. The van der Waals surface area contributed by atoms with E-state index >= 15 is 0 Å². The summed E-state index contributed by atoms with van der Waals surface area (Å²) in [5, 5.41) is 12.5. The molecule has 1 aliphatic rings. The summed E-state index contributed by atoms with van der Waals surface area (Å²) in [5.41, 5.74) is 0. The molecule has 0 spiro atoms. The number of hydrogen-bond donors (Lipinski definition) is 1. The summed E-state index contributed by atoms with van der Waals surface area (Å²) >= 11 is 1.51. The number of carbonyl (C=O) groups excluding carboxylic acids is 1. The number of hydrogen-bond acceptors (Lipinski definition) is 5. The fourth-order valence-corrected chi connectivity index (χ4v) is 2.31. The van der Waals surface area contributed by atoms with Crippen LogP contribution in [0.1, 0.15) is 22.9 Å². The zero-order valence-corrected chi connectivity index (χ0v) is 10.0. The van der Waals surface area contributed by atoms with E-state index in [4.69, 9.17) is 4.74 Å². The number of aryl methyl sites for hydroxylation is 1. The molecule has 0 saturated carbocycles. The summed E-state index contributed by atoms with van der Waals surface area (Å²) in [7, 11) is 0. The highest BCUT2D eigenvalue weighted by atomic mass is 32.1. The van der Waals surface area contributed by atoms with Gasteiger partial charge in [-0.3, -0.25) is 4.79 Å². The lowest BCUT2D eigenvalue weighted by Crippen LogP contribution is -2.25. The van der Waals surface area contributed by atoms with Gasteiger partial charge in [0.1, 0.15) is 10.0 Å². The average Bonchev–Trinajstić information content (AvgIpc) is 2.87. The summed E-state index contributed by atoms with van der Waals surface area (Å²) < 4.78 is 5.22. The molecule has 1 aromatic heterocycles. The Kier molecular flexibility index (Phi) is 3.84. The van der Waals surface area contributed by atoms with Gasteiger partial charge in [0.2, 0.25) is 5.91 Å². The smallest absolute Gasteiger partial charge is 0.220 e. The van der Waals surface area contributed by atoms with E-state index in [-0.39, 0.29) is 5.91 Å². The standard InChI is InChI=1S/C10H15N3O2S/c1-7-12-13-10(16-7)5-11-9(14)4-8-2-3-15-6-8/h8H,2-6H2,1H3,(H,11,14)/t8-/m0/s1. The Bertz CT molecular complexity index is 361. The first-order valence-electron chi connectivity index (χ1n) is 5.37. The van der Waals surface area contributed by atoms with Gasteiger partial charge in [-0.05, 0) is 19.3 Å². The summed E-state index contributed by atoms with van der Waals surface area (Å²) in [5.74, 6) is 0.458. The van der Waals surface area contributed by atoms with E-state index in [1.165, 1.54) is 11.3 Å². The van der Waals surface area contributed by atoms with Crippen LogP contribution >= 0.6 is 11.3 Å². The van der Waals surface area contributed by atoms with E-state index in [1.807, 2.05) is 6.92 Å². The predicted molar refractivity (Wildman–Crippen MR) is 60.0 cm³/mol. The van der Waals surface area contributed by atoms with E-state index < -0.39 is 0 Å². The minimum absolute atomic E-state index is 0.0725. The molecule has 1 N–H and O–H groups in total. The van der Waals surface area contributed by atoms with Crippen molar-refractivity contribution in [2.24, 2.45) is 5.92 Å². The molecule has 5 nitrogen and oxygen atoms in total. The lowest BCUT2D eigenvalue weighted by molar-refractivity contribution is -0.122. The van der Waals surface area contributed by atoms with Crippen molar-refractivity contribution < 1.29 is 9.53 Å². The summed E-state index contributed by atoms with van der Waals surface area (Å²) in [4.78, 5) is 11.6. The van der Waals surface area contributed by atoms with Gasteiger partial charge in [0.15, 0.2) is 0 Å². The second kappa shape index (κ2) is 5.36. The molecule has 0 unspecified atom stereocenters. The van der Waals surface area contributed by atoms with Crippen molar-refractivity contribution in [3.05, 3.63) is 10.0 Å². The molecule has 88 valence electrons. The van der Waals surface area contributed by atoms with Gasteiger partial charge in [0.25, 0.3) is 0 Å². The van der Waals surface area contributed by atoms with Gasteiger partial charge in [0, 0.05) is 19.6 Å². The van der Waals surface area contributed by atoms with Crippen molar-refractivity contribution in [3.8, 4) is 0 Å². The van der Waals surface area contributed by atoms with Gasteiger partial charge in [0.05, 0.1) is 6.54 Å². The summed E-state index contributed by atoms with van der Waals surface area (Å²) in [6.07, 6.45) is 1.54. The van der Waals surface area contributed by atoms with Crippen LogP contribution in [0.4, 0.5) is 0 Å². The van der Waals surface area contributed by atoms with Gasteiger partial charge in [-0.15, -0.1) is 10.2 Å². The maximum absolute atomic E-state index is 11.6. The molecule has 1 fully saturated rings. The largest absolute Gasteiger partial charge is 0.381 e. The zero-order valence-electron chi connectivity index (χ0n) is 9.23. The molecule has 2 heterocycles. The second-order valence-electron chi connectivity index (χ2n) is 3.93. The minimum atomic E-state index is 0.0725. The van der Waals surface area contributed by atoms with Crippen molar-refractivity contribution in [2.45, 2.75) is 26.3 Å². The summed E-state index contributed by atoms with van der Waals surface area (Å²) in [6.45, 7) is 3.88. The number of rotatable bonds is 4. The molecular formula is C10H15N3O2S. The fourth-order valence-electron chi connectivity index (χ4n) is 1.66. The van der Waals surface area contributed by atoms with Crippen LogP contribution < -0.4 is 5.32 Å². The van der Waals surface area contributed by atoms with Crippen molar-refractivity contribution in [2.75, 3.05) is 13.2 Å². The molecule has 1 saturated heterocycles. The lowest BCUT2D eigenvalue weighted by Gasteiger charge is -2.06. The quantitative estimate of drug-likeness (QED) is 0.850. The SMILES string of the molecule is Cc1nnc(CNC(=O)C[C@@H]2CCOC2)s1. The minimum Gasteiger partial charge on any atom is -0.381 e. The van der Waals surface area contributed by atoms with Crippen molar-refractivity contribution >= 4 is 17.2 Å². The fraction of sp³-hybridized carbons (Fsp3) is 0.700. The van der Waals surface area contributed by atoms with E-state index in [9.17, 15) is 4.79 Å². The van der Waals surface area contributed by atoms with Gasteiger partial charge in [-0.2, -0.15) is 0 Å². The van der Waals surface area contributed by atoms with Crippen LogP contribution in [-0.4, -0.2) is 29.3 Å². The highest BCUT2D eigenvalue weighted by Crippen LogP contribution is 2.16. The Morgan fingerprint density at radius 3 is 3.12 bits per heavy atom. The lowest BCUT2D eigenvalue weighted by atomic mass is 10.1. The van der Waals surface area contributed by atoms with Gasteiger partial charge >= 0.3 is 0 Å². The van der Waals surface area contributed by atoms with Crippen molar-refractivity contribution in [3.63, 3.8) is 0 Å². The molecule has 0 bridgehead atoms. The Balaban J connectivity index is 1.71. The molecule has 0 aromatic carbocycles. The molecule has 2 rings (SSSR count). The Hall–Kier alpha value is -1.01. The van der Waals surface area contributed by atoms with E-state index in [0.717, 1.165) is 23.0 Å². The molecule has 0 radical (unpaired) electrons. The molecule has 6 heteroatoms. The predicted octanol–water partition coefficient (Wildman–Crippen LogP) is 0.889. The third-order valence-electron chi connectivity index (χ3n) is 2.50. The van der Waals surface area contributed by atoms with Crippen molar-refractivity contribution in [1.29, 1.82) is 0 Å². The van der Waals surface area contributed by atoms with Crippen LogP contribution in [0, 0.1) is 12.8 Å².